The molecule has 25 heavy (non-hydrogen) atoms. The molecule has 0 radical (unpaired) electrons. The lowest BCUT2D eigenvalue weighted by atomic mass is 9.97. The topological polar surface area (TPSA) is 76.5 Å². The van der Waals surface area contributed by atoms with Crippen LogP contribution >= 0.6 is 0 Å². The first kappa shape index (κ1) is 15.8. The SMILES string of the molecule is CCc1noc(C)c1C(=O)N1CCCC[C@H]1c1ccn2ccnc2n1. The van der Waals surface area contributed by atoms with Gasteiger partial charge in [0.25, 0.3) is 5.91 Å². The molecule has 0 unspecified atom stereocenters. The van der Waals surface area contributed by atoms with E-state index in [1.807, 2.05) is 34.7 Å². The van der Waals surface area contributed by atoms with E-state index in [1.54, 1.807) is 13.1 Å². The van der Waals surface area contributed by atoms with E-state index in [4.69, 9.17) is 4.52 Å². The number of carbonyl (C=O) groups excluding carboxylic acids is 1. The summed E-state index contributed by atoms with van der Waals surface area (Å²) in [5, 5.41) is 4.03. The van der Waals surface area contributed by atoms with Crippen molar-refractivity contribution in [2.24, 2.45) is 0 Å². The van der Waals surface area contributed by atoms with Crippen molar-refractivity contribution in [3.05, 3.63) is 47.4 Å². The molecule has 0 saturated carbocycles. The number of hydrogen-bond acceptors (Lipinski definition) is 5. The van der Waals surface area contributed by atoms with E-state index < -0.39 is 0 Å². The van der Waals surface area contributed by atoms with Gasteiger partial charge in [0.2, 0.25) is 5.78 Å². The summed E-state index contributed by atoms with van der Waals surface area (Å²) in [6, 6.07) is 1.94. The van der Waals surface area contributed by atoms with Gasteiger partial charge in [-0.05, 0) is 38.7 Å². The Morgan fingerprint density at radius 1 is 1.36 bits per heavy atom. The summed E-state index contributed by atoms with van der Waals surface area (Å²) in [7, 11) is 0. The third-order valence-corrected chi connectivity index (χ3v) is 4.87. The number of piperidine rings is 1. The molecule has 1 aliphatic rings. The van der Waals surface area contributed by atoms with Crippen molar-refractivity contribution in [2.75, 3.05) is 6.54 Å². The number of likely N-dealkylation sites (tertiary alicyclic amines) is 1. The van der Waals surface area contributed by atoms with Crippen molar-refractivity contribution in [1.82, 2.24) is 24.4 Å². The Hall–Kier alpha value is -2.70. The summed E-state index contributed by atoms with van der Waals surface area (Å²) >= 11 is 0. The van der Waals surface area contributed by atoms with Crippen LogP contribution in [0.4, 0.5) is 0 Å². The number of amides is 1. The highest BCUT2D eigenvalue weighted by Crippen LogP contribution is 2.32. The van der Waals surface area contributed by atoms with E-state index in [1.165, 1.54) is 0 Å². The zero-order valence-corrected chi connectivity index (χ0v) is 14.5. The van der Waals surface area contributed by atoms with Gasteiger partial charge < -0.3 is 9.42 Å². The summed E-state index contributed by atoms with van der Waals surface area (Å²) in [5.74, 6) is 1.24. The molecule has 1 fully saturated rings. The third-order valence-electron chi connectivity index (χ3n) is 4.87. The number of imidazole rings is 1. The van der Waals surface area contributed by atoms with Gasteiger partial charge in [0.05, 0.1) is 17.4 Å². The lowest BCUT2D eigenvalue weighted by Gasteiger charge is -2.35. The number of nitrogens with zero attached hydrogens (tertiary/aromatic N) is 5. The minimum Gasteiger partial charge on any atom is -0.361 e. The predicted molar refractivity (Wildman–Crippen MR) is 91.2 cm³/mol. The first-order valence-corrected chi connectivity index (χ1v) is 8.74. The fourth-order valence-electron chi connectivity index (χ4n) is 3.56. The van der Waals surface area contributed by atoms with Crippen molar-refractivity contribution in [3.63, 3.8) is 0 Å². The minimum absolute atomic E-state index is 0.00897. The van der Waals surface area contributed by atoms with Crippen LogP contribution in [0.5, 0.6) is 0 Å². The van der Waals surface area contributed by atoms with Crippen LogP contribution in [-0.4, -0.2) is 36.9 Å². The normalized spacial score (nSPS) is 18.0. The molecule has 0 N–H and O–H groups in total. The molecule has 0 bridgehead atoms. The van der Waals surface area contributed by atoms with Crippen molar-refractivity contribution >= 4 is 11.7 Å². The molecule has 1 saturated heterocycles. The van der Waals surface area contributed by atoms with E-state index in [2.05, 4.69) is 15.1 Å². The Bertz CT molecular complexity index is 913. The molecular weight excluding hydrogens is 318 g/mol. The van der Waals surface area contributed by atoms with Gasteiger partial charge in [0.1, 0.15) is 11.3 Å². The Morgan fingerprint density at radius 3 is 3.08 bits per heavy atom. The standard InChI is InChI=1S/C18H21N5O2/c1-3-13-16(12(2)25-21-13)17(24)23-9-5-4-6-15(23)14-7-10-22-11-8-19-18(22)20-14/h7-8,10-11,15H,3-6,9H2,1-2H3/t15-/m0/s1. The number of fused-ring (bicyclic) bond motifs is 1. The minimum atomic E-state index is -0.0399. The van der Waals surface area contributed by atoms with E-state index in [0.717, 1.165) is 37.2 Å². The maximum absolute atomic E-state index is 13.2. The van der Waals surface area contributed by atoms with Gasteiger partial charge >= 0.3 is 0 Å². The lowest BCUT2D eigenvalue weighted by molar-refractivity contribution is 0.0603. The molecule has 130 valence electrons. The van der Waals surface area contributed by atoms with Crippen LogP contribution in [0.2, 0.25) is 0 Å². The molecule has 7 heteroatoms. The molecule has 0 spiro atoms. The quantitative estimate of drug-likeness (QED) is 0.733. The number of hydrogen-bond donors (Lipinski definition) is 0. The molecule has 3 aromatic rings. The molecule has 4 heterocycles. The highest BCUT2D eigenvalue weighted by Gasteiger charge is 2.33. The average Bonchev–Trinajstić information content (AvgIpc) is 3.26. The Morgan fingerprint density at radius 2 is 2.24 bits per heavy atom. The monoisotopic (exact) mass is 339 g/mol. The summed E-state index contributed by atoms with van der Waals surface area (Å²) in [4.78, 5) is 24.1. The number of aromatic nitrogens is 4. The van der Waals surface area contributed by atoms with Gasteiger partial charge in [-0.1, -0.05) is 12.1 Å². The van der Waals surface area contributed by atoms with Gasteiger partial charge in [-0.25, -0.2) is 9.97 Å². The smallest absolute Gasteiger partial charge is 0.259 e. The maximum atomic E-state index is 13.2. The first-order chi connectivity index (χ1) is 12.2. The van der Waals surface area contributed by atoms with E-state index in [-0.39, 0.29) is 11.9 Å². The van der Waals surface area contributed by atoms with Crippen LogP contribution in [0, 0.1) is 6.92 Å². The molecule has 4 rings (SSSR count). The number of aryl methyl sites for hydroxylation is 2. The van der Waals surface area contributed by atoms with Crippen LogP contribution in [0.1, 0.15) is 59.7 Å². The zero-order valence-electron chi connectivity index (χ0n) is 14.5. The first-order valence-electron chi connectivity index (χ1n) is 8.74. The molecule has 3 aromatic heterocycles. The van der Waals surface area contributed by atoms with Crippen LogP contribution in [-0.2, 0) is 6.42 Å². The summed E-state index contributed by atoms with van der Waals surface area (Å²) in [5.41, 5.74) is 2.22. The zero-order chi connectivity index (χ0) is 17.4. The van der Waals surface area contributed by atoms with Gasteiger partial charge in [-0.2, -0.15) is 0 Å². The molecule has 1 amide bonds. The largest absolute Gasteiger partial charge is 0.361 e. The second-order valence-electron chi connectivity index (χ2n) is 6.41. The van der Waals surface area contributed by atoms with Crippen molar-refractivity contribution in [2.45, 2.75) is 45.6 Å². The molecule has 1 atom stereocenters. The predicted octanol–water partition coefficient (Wildman–Crippen LogP) is 2.96. The second kappa shape index (κ2) is 6.31. The van der Waals surface area contributed by atoms with E-state index in [9.17, 15) is 4.79 Å². The van der Waals surface area contributed by atoms with Gasteiger partial charge in [0.15, 0.2) is 0 Å². The Labute approximate surface area is 145 Å². The highest BCUT2D eigenvalue weighted by atomic mass is 16.5. The Kier molecular flexibility index (Phi) is 3.99. The molecule has 0 aliphatic carbocycles. The van der Waals surface area contributed by atoms with Crippen molar-refractivity contribution < 1.29 is 9.32 Å². The van der Waals surface area contributed by atoms with Crippen LogP contribution in [0.15, 0.2) is 29.2 Å². The van der Waals surface area contributed by atoms with E-state index in [0.29, 0.717) is 23.5 Å². The van der Waals surface area contributed by atoms with Crippen molar-refractivity contribution in [1.29, 1.82) is 0 Å². The van der Waals surface area contributed by atoms with Crippen molar-refractivity contribution in [3.8, 4) is 0 Å². The third kappa shape index (κ3) is 2.69. The maximum Gasteiger partial charge on any atom is 0.259 e. The van der Waals surface area contributed by atoms with Crippen LogP contribution in [0.3, 0.4) is 0 Å². The molecule has 0 aromatic carbocycles. The molecule has 1 aliphatic heterocycles. The number of rotatable bonds is 3. The fourth-order valence-corrected chi connectivity index (χ4v) is 3.56. The summed E-state index contributed by atoms with van der Waals surface area (Å²) in [6.07, 6.45) is 9.20. The molecule has 7 nitrogen and oxygen atoms in total. The summed E-state index contributed by atoms with van der Waals surface area (Å²) in [6.45, 7) is 4.50. The van der Waals surface area contributed by atoms with Gasteiger partial charge in [-0.3, -0.25) is 9.20 Å². The van der Waals surface area contributed by atoms with Crippen LogP contribution < -0.4 is 0 Å². The second-order valence-corrected chi connectivity index (χ2v) is 6.41. The lowest BCUT2D eigenvalue weighted by Crippen LogP contribution is -2.39. The summed E-state index contributed by atoms with van der Waals surface area (Å²) < 4.78 is 7.13. The molecular formula is C18H21N5O2. The number of carbonyl (C=O) groups is 1. The van der Waals surface area contributed by atoms with E-state index >= 15 is 0 Å². The average molecular weight is 339 g/mol. The Balaban J connectivity index is 1.71. The highest BCUT2D eigenvalue weighted by molar-refractivity contribution is 5.96. The van der Waals surface area contributed by atoms with Crippen LogP contribution in [0.25, 0.3) is 5.78 Å². The van der Waals surface area contributed by atoms with Gasteiger partial charge in [0, 0.05) is 25.1 Å². The fraction of sp³-hybridized carbons (Fsp3) is 0.444. The van der Waals surface area contributed by atoms with Gasteiger partial charge in [-0.15, -0.1) is 0 Å².